The smallest absolute Gasteiger partial charge is 0.0536 e. The van der Waals surface area contributed by atoms with Crippen LogP contribution in [0.5, 0.6) is 0 Å². The molecule has 0 N–H and O–H groups in total. The van der Waals surface area contributed by atoms with Gasteiger partial charge in [-0.2, -0.15) is 0 Å². The molecule has 0 amide bonds. The molecule has 0 spiro atoms. The van der Waals surface area contributed by atoms with Gasteiger partial charge in [-0.25, -0.2) is 0 Å². The van der Waals surface area contributed by atoms with Gasteiger partial charge in [0.05, 0.1) is 6.04 Å². The summed E-state index contributed by atoms with van der Waals surface area (Å²) < 4.78 is 0. The Hall–Kier alpha value is -0.590. The molecule has 0 bridgehead atoms. The van der Waals surface area contributed by atoms with E-state index in [0.717, 1.165) is 11.8 Å². The zero-order valence-electron chi connectivity index (χ0n) is 8.45. The highest BCUT2D eigenvalue weighted by atomic mass is 14.8. The Morgan fingerprint density at radius 1 is 1.54 bits per heavy atom. The van der Waals surface area contributed by atoms with Crippen LogP contribution in [0.25, 0.3) is 0 Å². The van der Waals surface area contributed by atoms with Crippen LogP contribution < -0.4 is 0 Å². The molecule has 2 aliphatic rings. The Balaban J connectivity index is 1.97. The van der Waals surface area contributed by atoms with Gasteiger partial charge in [0.2, 0.25) is 0 Å². The first kappa shape index (κ1) is 8.98. The first-order chi connectivity index (χ1) is 6.35. The van der Waals surface area contributed by atoms with Crippen LogP contribution in [0.3, 0.4) is 0 Å². The predicted molar refractivity (Wildman–Crippen MR) is 57.1 cm³/mol. The number of hydrogen-bond acceptors (Lipinski definition) is 1. The molecule has 1 fully saturated rings. The van der Waals surface area contributed by atoms with E-state index < -0.39 is 0 Å². The molecule has 1 nitrogen and oxygen atoms in total. The van der Waals surface area contributed by atoms with E-state index in [-0.39, 0.29) is 0 Å². The monoisotopic (exact) mass is 177 g/mol. The summed E-state index contributed by atoms with van der Waals surface area (Å²) >= 11 is 0. The van der Waals surface area contributed by atoms with Crippen molar-refractivity contribution in [2.75, 3.05) is 0 Å². The van der Waals surface area contributed by atoms with Crippen molar-refractivity contribution >= 4 is 6.21 Å². The summed E-state index contributed by atoms with van der Waals surface area (Å²) in [5.74, 6) is 2.32. The van der Waals surface area contributed by atoms with Crippen LogP contribution in [0.2, 0.25) is 0 Å². The average molecular weight is 177 g/mol. The summed E-state index contributed by atoms with van der Waals surface area (Å²) in [6, 6.07) is 0.638. The Morgan fingerprint density at radius 2 is 2.38 bits per heavy atom. The van der Waals surface area contributed by atoms with Gasteiger partial charge in [-0.05, 0) is 24.7 Å². The minimum absolute atomic E-state index is 0.576. The summed E-state index contributed by atoms with van der Waals surface area (Å²) in [6.45, 7) is 6.16. The number of hydrogen-bond donors (Lipinski definition) is 0. The lowest BCUT2D eigenvalue weighted by molar-refractivity contribution is 0.439. The van der Waals surface area contributed by atoms with E-state index in [2.05, 4.69) is 30.8 Å². The Kier molecular flexibility index (Phi) is 2.52. The highest BCUT2D eigenvalue weighted by Gasteiger charge is 2.39. The van der Waals surface area contributed by atoms with Crippen molar-refractivity contribution in [1.82, 2.24) is 0 Å². The summed E-state index contributed by atoms with van der Waals surface area (Å²) in [7, 11) is 0. The lowest BCUT2D eigenvalue weighted by Gasteiger charge is -2.12. The Morgan fingerprint density at radius 3 is 3.08 bits per heavy atom. The van der Waals surface area contributed by atoms with E-state index in [1.54, 1.807) is 0 Å². The van der Waals surface area contributed by atoms with Gasteiger partial charge in [-0.1, -0.05) is 25.8 Å². The zero-order valence-corrected chi connectivity index (χ0v) is 8.45. The van der Waals surface area contributed by atoms with Crippen molar-refractivity contribution in [3.8, 4) is 0 Å². The Labute approximate surface area is 80.9 Å². The molecule has 1 saturated carbocycles. The number of allylic oxidation sites excluding steroid dienone is 1. The molecule has 13 heavy (non-hydrogen) atoms. The van der Waals surface area contributed by atoms with Crippen molar-refractivity contribution in [2.24, 2.45) is 22.7 Å². The second-order valence-electron chi connectivity index (χ2n) is 4.47. The summed E-state index contributed by atoms with van der Waals surface area (Å²) in [5.41, 5.74) is 0. The first-order valence-electron chi connectivity index (χ1n) is 5.51. The van der Waals surface area contributed by atoms with Crippen LogP contribution in [-0.4, -0.2) is 12.3 Å². The number of aliphatic imine (C=N–C) groups is 1. The quantitative estimate of drug-likeness (QED) is 0.587. The van der Waals surface area contributed by atoms with Crippen LogP contribution in [-0.2, 0) is 0 Å². The standard InChI is InChI=1S/C12H19N/c1-3-5-9-6-11-10(4-2)8-13-12(11)7-9/h4,8-12H,2-3,5-7H2,1H3. The van der Waals surface area contributed by atoms with Crippen molar-refractivity contribution in [2.45, 2.75) is 38.6 Å². The van der Waals surface area contributed by atoms with Gasteiger partial charge in [0.25, 0.3) is 0 Å². The van der Waals surface area contributed by atoms with Crippen molar-refractivity contribution in [3.05, 3.63) is 12.7 Å². The molecule has 4 unspecified atom stereocenters. The topological polar surface area (TPSA) is 12.4 Å². The molecule has 1 aliphatic carbocycles. The van der Waals surface area contributed by atoms with E-state index in [0.29, 0.717) is 12.0 Å². The third-order valence-electron chi connectivity index (χ3n) is 3.59. The first-order valence-corrected chi connectivity index (χ1v) is 5.51. The van der Waals surface area contributed by atoms with Gasteiger partial charge in [0.1, 0.15) is 0 Å². The molecule has 2 rings (SSSR count). The molecule has 1 heterocycles. The normalized spacial score (nSPS) is 42.2. The summed E-state index contributed by atoms with van der Waals surface area (Å²) in [5, 5.41) is 0. The second kappa shape index (κ2) is 3.65. The van der Waals surface area contributed by atoms with Gasteiger partial charge < -0.3 is 0 Å². The molecule has 1 aliphatic heterocycles. The minimum atomic E-state index is 0.576. The van der Waals surface area contributed by atoms with Gasteiger partial charge in [-0.15, -0.1) is 6.58 Å². The van der Waals surface area contributed by atoms with Gasteiger partial charge in [0.15, 0.2) is 0 Å². The van der Waals surface area contributed by atoms with Gasteiger partial charge >= 0.3 is 0 Å². The molecule has 0 saturated heterocycles. The fraction of sp³-hybridized carbons (Fsp3) is 0.750. The second-order valence-corrected chi connectivity index (χ2v) is 4.47. The lowest BCUT2D eigenvalue weighted by Crippen LogP contribution is -2.12. The van der Waals surface area contributed by atoms with E-state index >= 15 is 0 Å². The van der Waals surface area contributed by atoms with E-state index in [4.69, 9.17) is 0 Å². The van der Waals surface area contributed by atoms with Crippen LogP contribution in [0, 0.1) is 17.8 Å². The fourth-order valence-corrected chi connectivity index (χ4v) is 2.94. The summed E-state index contributed by atoms with van der Waals surface area (Å²) in [6.07, 6.45) is 9.63. The molecule has 1 heteroatoms. The Bertz CT molecular complexity index is 219. The fourth-order valence-electron chi connectivity index (χ4n) is 2.94. The molecular weight excluding hydrogens is 158 g/mol. The van der Waals surface area contributed by atoms with Crippen LogP contribution in [0.1, 0.15) is 32.6 Å². The molecule has 0 aromatic rings. The third-order valence-corrected chi connectivity index (χ3v) is 3.59. The van der Waals surface area contributed by atoms with Crippen LogP contribution in [0.4, 0.5) is 0 Å². The van der Waals surface area contributed by atoms with Crippen molar-refractivity contribution in [1.29, 1.82) is 0 Å². The largest absolute Gasteiger partial charge is 0.293 e. The number of nitrogens with zero attached hydrogens (tertiary/aromatic N) is 1. The number of rotatable bonds is 3. The molecular formula is C12H19N. The highest BCUT2D eigenvalue weighted by molar-refractivity contribution is 5.66. The third kappa shape index (κ3) is 1.56. The molecule has 0 aromatic carbocycles. The lowest BCUT2D eigenvalue weighted by atomic mass is 9.91. The maximum atomic E-state index is 4.59. The van der Waals surface area contributed by atoms with Gasteiger partial charge in [0, 0.05) is 12.1 Å². The zero-order chi connectivity index (χ0) is 9.26. The molecule has 72 valence electrons. The summed E-state index contributed by atoms with van der Waals surface area (Å²) in [4.78, 5) is 4.59. The van der Waals surface area contributed by atoms with Crippen molar-refractivity contribution < 1.29 is 0 Å². The van der Waals surface area contributed by atoms with E-state index in [9.17, 15) is 0 Å². The van der Waals surface area contributed by atoms with E-state index in [1.165, 1.54) is 25.7 Å². The number of fused-ring (bicyclic) bond motifs is 1. The average Bonchev–Trinajstić information content (AvgIpc) is 2.63. The van der Waals surface area contributed by atoms with Crippen molar-refractivity contribution in [3.63, 3.8) is 0 Å². The maximum Gasteiger partial charge on any atom is 0.0536 e. The predicted octanol–water partition coefficient (Wildman–Crippen LogP) is 3.07. The minimum Gasteiger partial charge on any atom is -0.293 e. The molecule has 0 radical (unpaired) electrons. The molecule has 0 aromatic heterocycles. The van der Waals surface area contributed by atoms with E-state index in [1.807, 2.05) is 0 Å². The van der Waals surface area contributed by atoms with Gasteiger partial charge in [-0.3, -0.25) is 4.99 Å². The van der Waals surface area contributed by atoms with Crippen LogP contribution >= 0.6 is 0 Å². The van der Waals surface area contributed by atoms with Crippen LogP contribution in [0.15, 0.2) is 17.6 Å². The maximum absolute atomic E-state index is 4.59. The molecule has 4 atom stereocenters. The highest BCUT2D eigenvalue weighted by Crippen LogP contribution is 2.42. The SMILES string of the molecule is C=CC1C=NC2CC(CCC)CC12.